The molecule has 0 saturated carbocycles. The van der Waals surface area contributed by atoms with Gasteiger partial charge in [0.15, 0.2) is 0 Å². The van der Waals surface area contributed by atoms with E-state index in [4.69, 9.17) is 0 Å². The van der Waals surface area contributed by atoms with Crippen molar-refractivity contribution in [3.05, 3.63) is 70.4 Å². The van der Waals surface area contributed by atoms with E-state index in [-0.39, 0.29) is 11.9 Å². The zero-order chi connectivity index (χ0) is 20.4. The molecule has 0 saturated heterocycles. The SMILES string of the molecule is CC1=C(C(=O)Nc2ccc(C)cc2C)[C@@H](c2ccc(N(C)C)cc2)NC(=O)N1. The highest BCUT2D eigenvalue weighted by Gasteiger charge is 2.31. The fourth-order valence-electron chi connectivity index (χ4n) is 3.35. The van der Waals surface area contributed by atoms with Gasteiger partial charge in [-0.05, 0) is 50.1 Å². The van der Waals surface area contributed by atoms with Crippen LogP contribution in [0.15, 0.2) is 53.7 Å². The van der Waals surface area contributed by atoms with Gasteiger partial charge in [0.05, 0.1) is 11.6 Å². The van der Waals surface area contributed by atoms with Crippen molar-refractivity contribution in [2.24, 2.45) is 0 Å². The molecule has 0 aromatic heterocycles. The third-order valence-electron chi connectivity index (χ3n) is 4.89. The lowest BCUT2D eigenvalue weighted by Gasteiger charge is -2.29. The van der Waals surface area contributed by atoms with Crippen molar-refractivity contribution in [1.82, 2.24) is 10.6 Å². The maximum absolute atomic E-state index is 13.1. The average Bonchev–Trinajstić information content (AvgIpc) is 2.63. The van der Waals surface area contributed by atoms with Gasteiger partial charge in [-0.2, -0.15) is 0 Å². The Morgan fingerprint density at radius 1 is 1.04 bits per heavy atom. The van der Waals surface area contributed by atoms with Crippen LogP contribution >= 0.6 is 0 Å². The van der Waals surface area contributed by atoms with Crippen LogP contribution in [0, 0.1) is 13.8 Å². The summed E-state index contributed by atoms with van der Waals surface area (Å²) in [6.07, 6.45) is 0. The van der Waals surface area contributed by atoms with Crippen LogP contribution in [0.3, 0.4) is 0 Å². The van der Waals surface area contributed by atoms with Crippen LogP contribution in [-0.2, 0) is 4.79 Å². The van der Waals surface area contributed by atoms with Crippen molar-refractivity contribution >= 4 is 23.3 Å². The summed E-state index contributed by atoms with van der Waals surface area (Å²) in [5.41, 5.74) is 5.83. The first-order chi connectivity index (χ1) is 13.3. The number of rotatable bonds is 4. The van der Waals surface area contributed by atoms with Crippen LogP contribution < -0.4 is 20.9 Å². The largest absolute Gasteiger partial charge is 0.378 e. The van der Waals surface area contributed by atoms with Crippen molar-refractivity contribution in [1.29, 1.82) is 0 Å². The summed E-state index contributed by atoms with van der Waals surface area (Å²) < 4.78 is 0. The van der Waals surface area contributed by atoms with Crippen LogP contribution in [0.4, 0.5) is 16.2 Å². The summed E-state index contributed by atoms with van der Waals surface area (Å²) in [6, 6.07) is 12.9. The summed E-state index contributed by atoms with van der Waals surface area (Å²) >= 11 is 0. The number of anilines is 2. The zero-order valence-corrected chi connectivity index (χ0v) is 16.9. The number of nitrogens with one attached hydrogen (secondary N) is 3. The number of nitrogens with zero attached hydrogens (tertiary/aromatic N) is 1. The normalized spacial score (nSPS) is 16.3. The number of allylic oxidation sites excluding steroid dienone is 1. The van der Waals surface area contributed by atoms with Gasteiger partial charge >= 0.3 is 6.03 Å². The summed E-state index contributed by atoms with van der Waals surface area (Å²) in [5.74, 6) is -0.237. The second-order valence-electron chi connectivity index (χ2n) is 7.33. The van der Waals surface area contributed by atoms with Gasteiger partial charge in [0.25, 0.3) is 5.91 Å². The van der Waals surface area contributed by atoms with E-state index in [2.05, 4.69) is 16.0 Å². The number of carbonyl (C=O) groups is 2. The molecule has 1 aliphatic rings. The number of hydrogen-bond donors (Lipinski definition) is 3. The average molecular weight is 378 g/mol. The summed E-state index contributed by atoms with van der Waals surface area (Å²) in [5, 5.41) is 8.56. The van der Waals surface area contributed by atoms with E-state index in [1.54, 1.807) is 6.92 Å². The Balaban J connectivity index is 1.93. The van der Waals surface area contributed by atoms with Crippen LogP contribution in [0.1, 0.15) is 29.7 Å². The van der Waals surface area contributed by atoms with Gasteiger partial charge in [0.2, 0.25) is 0 Å². The third kappa shape index (κ3) is 4.01. The topological polar surface area (TPSA) is 73.5 Å². The number of urea groups is 1. The van der Waals surface area contributed by atoms with E-state index in [1.807, 2.05) is 75.3 Å². The standard InChI is InChI=1S/C22H26N4O2/c1-13-6-11-18(14(2)12-13)24-21(27)19-15(3)23-22(28)25-20(19)16-7-9-17(10-8-16)26(4)5/h6-12,20H,1-5H3,(H,24,27)(H2,23,25,28)/t20-/m1/s1. The molecule has 0 spiro atoms. The molecule has 146 valence electrons. The highest BCUT2D eigenvalue weighted by molar-refractivity contribution is 6.07. The lowest BCUT2D eigenvalue weighted by molar-refractivity contribution is -0.113. The second kappa shape index (κ2) is 7.76. The van der Waals surface area contributed by atoms with Gasteiger partial charge in [0, 0.05) is 31.2 Å². The predicted molar refractivity (Wildman–Crippen MR) is 112 cm³/mol. The van der Waals surface area contributed by atoms with E-state index in [9.17, 15) is 9.59 Å². The summed E-state index contributed by atoms with van der Waals surface area (Å²) in [4.78, 5) is 27.2. The Hall–Kier alpha value is -3.28. The molecule has 1 heterocycles. The Bertz CT molecular complexity index is 946. The molecule has 2 aromatic carbocycles. The van der Waals surface area contributed by atoms with Gasteiger partial charge < -0.3 is 20.9 Å². The molecule has 0 radical (unpaired) electrons. The van der Waals surface area contributed by atoms with Crippen LogP contribution in [-0.4, -0.2) is 26.0 Å². The Morgan fingerprint density at radius 2 is 1.71 bits per heavy atom. The minimum Gasteiger partial charge on any atom is -0.378 e. The maximum Gasteiger partial charge on any atom is 0.319 e. The molecular weight excluding hydrogens is 352 g/mol. The molecule has 1 atom stereocenters. The first kappa shape index (κ1) is 19.5. The van der Waals surface area contributed by atoms with E-state index < -0.39 is 6.04 Å². The van der Waals surface area contributed by atoms with E-state index >= 15 is 0 Å². The highest BCUT2D eigenvalue weighted by atomic mass is 16.2. The predicted octanol–water partition coefficient (Wildman–Crippen LogP) is 3.64. The van der Waals surface area contributed by atoms with Crippen molar-refractivity contribution in [3.8, 4) is 0 Å². The minimum atomic E-state index is -0.518. The maximum atomic E-state index is 13.1. The molecule has 3 rings (SSSR count). The van der Waals surface area contributed by atoms with Crippen molar-refractivity contribution in [2.75, 3.05) is 24.3 Å². The molecule has 3 N–H and O–H groups in total. The quantitative estimate of drug-likeness (QED) is 0.761. The van der Waals surface area contributed by atoms with Crippen LogP contribution in [0.2, 0.25) is 0 Å². The second-order valence-corrected chi connectivity index (χ2v) is 7.33. The van der Waals surface area contributed by atoms with E-state index in [1.165, 1.54) is 0 Å². The lowest BCUT2D eigenvalue weighted by atomic mass is 9.94. The first-order valence-corrected chi connectivity index (χ1v) is 9.20. The number of carbonyl (C=O) groups excluding carboxylic acids is 2. The number of benzene rings is 2. The molecule has 0 fully saturated rings. The zero-order valence-electron chi connectivity index (χ0n) is 16.9. The molecule has 2 aromatic rings. The molecule has 0 aliphatic carbocycles. The lowest BCUT2D eigenvalue weighted by Crippen LogP contribution is -2.46. The monoisotopic (exact) mass is 378 g/mol. The van der Waals surface area contributed by atoms with Crippen LogP contribution in [0.5, 0.6) is 0 Å². The molecule has 3 amide bonds. The molecular formula is C22H26N4O2. The molecule has 0 unspecified atom stereocenters. The minimum absolute atomic E-state index is 0.237. The smallest absolute Gasteiger partial charge is 0.319 e. The highest BCUT2D eigenvalue weighted by Crippen LogP contribution is 2.29. The number of hydrogen-bond acceptors (Lipinski definition) is 3. The first-order valence-electron chi connectivity index (χ1n) is 9.20. The molecule has 6 nitrogen and oxygen atoms in total. The summed E-state index contributed by atoms with van der Waals surface area (Å²) in [7, 11) is 3.93. The molecule has 1 aliphatic heterocycles. The van der Waals surface area contributed by atoms with E-state index in [0.29, 0.717) is 11.3 Å². The van der Waals surface area contributed by atoms with Crippen molar-refractivity contribution in [2.45, 2.75) is 26.8 Å². The third-order valence-corrected chi connectivity index (χ3v) is 4.89. The summed E-state index contributed by atoms with van der Waals surface area (Å²) in [6.45, 7) is 5.72. The van der Waals surface area contributed by atoms with Gasteiger partial charge in [-0.1, -0.05) is 29.8 Å². The Kier molecular flexibility index (Phi) is 5.40. The van der Waals surface area contributed by atoms with Crippen molar-refractivity contribution < 1.29 is 9.59 Å². The Morgan fingerprint density at radius 3 is 2.32 bits per heavy atom. The molecule has 28 heavy (non-hydrogen) atoms. The molecule has 0 bridgehead atoms. The van der Waals surface area contributed by atoms with Gasteiger partial charge in [0.1, 0.15) is 0 Å². The molecule has 6 heteroatoms. The number of aryl methyl sites for hydroxylation is 2. The van der Waals surface area contributed by atoms with Gasteiger partial charge in [-0.3, -0.25) is 4.79 Å². The Labute approximate surface area is 165 Å². The fraction of sp³-hybridized carbons (Fsp3) is 0.273. The number of amides is 3. The van der Waals surface area contributed by atoms with Crippen LogP contribution in [0.25, 0.3) is 0 Å². The van der Waals surface area contributed by atoms with Crippen molar-refractivity contribution in [3.63, 3.8) is 0 Å². The van der Waals surface area contributed by atoms with Gasteiger partial charge in [-0.15, -0.1) is 0 Å². The fourth-order valence-corrected chi connectivity index (χ4v) is 3.35. The van der Waals surface area contributed by atoms with Gasteiger partial charge in [-0.25, -0.2) is 4.79 Å². The van der Waals surface area contributed by atoms with E-state index in [0.717, 1.165) is 28.1 Å².